The molecule has 1 aliphatic heterocycles. The third-order valence-electron chi connectivity index (χ3n) is 2.57. The first-order chi connectivity index (χ1) is 6.69. The molecule has 1 aliphatic rings. The summed E-state index contributed by atoms with van der Waals surface area (Å²) in [5.41, 5.74) is 0. The van der Waals surface area contributed by atoms with Crippen LogP contribution >= 0.6 is 0 Å². The van der Waals surface area contributed by atoms with Crippen molar-refractivity contribution in [3.05, 3.63) is 0 Å². The van der Waals surface area contributed by atoms with Crippen LogP contribution in [0.15, 0.2) is 0 Å². The SMILES string of the molecule is CCC(C#N)C(=O)N1CCCC(O)C1. The monoisotopic (exact) mass is 196 g/mol. The molecule has 78 valence electrons. The maximum absolute atomic E-state index is 11.7. The molecule has 0 saturated carbocycles. The lowest BCUT2D eigenvalue weighted by Crippen LogP contribution is -2.44. The van der Waals surface area contributed by atoms with Crippen molar-refractivity contribution in [2.75, 3.05) is 13.1 Å². The minimum absolute atomic E-state index is 0.131. The third-order valence-corrected chi connectivity index (χ3v) is 2.57. The van der Waals surface area contributed by atoms with E-state index in [4.69, 9.17) is 5.26 Å². The van der Waals surface area contributed by atoms with E-state index in [-0.39, 0.29) is 5.91 Å². The van der Waals surface area contributed by atoms with Crippen LogP contribution in [-0.4, -0.2) is 35.1 Å². The predicted octanol–water partition coefficient (Wildman–Crippen LogP) is 0.519. The molecule has 1 heterocycles. The highest BCUT2D eigenvalue weighted by atomic mass is 16.3. The molecule has 2 unspecified atom stereocenters. The van der Waals surface area contributed by atoms with Crippen molar-refractivity contribution in [3.8, 4) is 6.07 Å². The number of hydrogen-bond donors (Lipinski definition) is 1. The lowest BCUT2D eigenvalue weighted by Gasteiger charge is -2.31. The van der Waals surface area contributed by atoms with Gasteiger partial charge < -0.3 is 10.0 Å². The van der Waals surface area contributed by atoms with Gasteiger partial charge >= 0.3 is 0 Å². The Kier molecular flexibility index (Phi) is 3.90. The Hall–Kier alpha value is -1.08. The summed E-state index contributed by atoms with van der Waals surface area (Å²) < 4.78 is 0. The molecule has 0 bridgehead atoms. The molecule has 14 heavy (non-hydrogen) atoms. The molecule has 0 radical (unpaired) electrons. The van der Waals surface area contributed by atoms with Crippen molar-refractivity contribution in [2.24, 2.45) is 5.92 Å². The molecule has 0 aromatic heterocycles. The maximum atomic E-state index is 11.7. The van der Waals surface area contributed by atoms with Gasteiger partial charge in [0, 0.05) is 13.1 Å². The van der Waals surface area contributed by atoms with Crippen LogP contribution in [0, 0.1) is 17.2 Å². The molecule has 0 spiro atoms. The zero-order valence-electron chi connectivity index (χ0n) is 8.44. The minimum Gasteiger partial charge on any atom is -0.391 e. The predicted molar refractivity (Wildman–Crippen MR) is 51.2 cm³/mol. The molecule has 0 aliphatic carbocycles. The first kappa shape index (κ1) is 11.0. The van der Waals surface area contributed by atoms with Gasteiger partial charge in [0.1, 0.15) is 5.92 Å². The Morgan fingerprint density at radius 3 is 3.00 bits per heavy atom. The van der Waals surface area contributed by atoms with Crippen molar-refractivity contribution in [2.45, 2.75) is 32.3 Å². The Morgan fingerprint density at radius 2 is 2.50 bits per heavy atom. The molecular formula is C10H16N2O2. The minimum atomic E-state index is -0.541. The lowest BCUT2D eigenvalue weighted by molar-refractivity contribution is -0.136. The summed E-state index contributed by atoms with van der Waals surface area (Å²) in [6.07, 6.45) is 1.72. The second-order valence-electron chi connectivity index (χ2n) is 3.67. The molecular weight excluding hydrogens is 180 g/mol. The molecule has 1 fully saturated rings. The quantitative estimate of drug-likeness (QED) is 0.700. The average Bonchev–Trinajstić information content (AvgIpc) is 2.19. The van der Waals surface area contributed by atoms with Crippen molar-refractivity contribution < 1.29 is 9.90 Å². The molecule has 1 rings (SSSR count). The summed E-state index contributed by atoms with van der Waals surface area (Å²) in [4.78, 5) is 13.3. The third kappa shape index (κ3) is 2.46. The summed E-state index contributed by atoms with van der Waals surface area (Å²) in [7, 11) is 0. The number of rotatable bonds is 2. The van der Waals surface area contributed by atoms with E-state index < -0.39 is 12.0 Å². The van der Waals surface area contributed by atoms with Crippen LogP contribution < -0.4 is 0 Å². The van der Waals surface area contributed by atoms with E-state index in [9.17, 15) is 9.90 Å². The van der Waals surface area contributed by atoms with Gasteiger partial charge in [-0.15, -0.1) is 0 Å². The van der Waals surface area contributed by atoms with Crippen molar-refractivity contribution >= 4 is 5.91 Å². The van der Waals surface area contributed by atoms with E-state index in [1.165, 1.54) is 0 Å². The van der Waals surface area contributed by atoms with E-state index in [0.29, 0.717) is 19.5 Å². The number of hydrogen-bond acceptors (Lipinski definition) is 3. The zero-order chi connectivity index (χ0) is 10.6. The zero-order valence-corrected chi connectivity index (χ0v) is 8.44. The first-order valence-electron chi connectivity index (χ1n) is 5.05. The number of likely N-dealkylation sites (tertiary alicyclic amines) is 1. The summed E-state index contributed by atoms with van der Waals surface area (Å²) in [6, 6.07) is 1.99. The van der Waals surface area contributed by atoms with Gasteiger partial charge in [-0.3, -0.25) is 4.79 Å². The van der Waals surface area contributed by atoms with Crippen LogP contribution in [0.3, 0.4) is 0 Å². The highest BCUT2D eigenvalue weighted by Crippen LogP contribution is 2.14. The number of β-amino-alcohol motifs (C(OH)–C–C–N with tert-alkyl or cyclic N) is 1. The van der Waals surface area contributed by atoms with Crippen molar-refractivity contribution in [1.82, 2.24) is 4.90 Å². The number of amides is 1. The second-order valence-corrected chi connectivity index (χ2v) is 3.67. The topological polar surface area (TPSA) is 64.3 Å². The van der Waals surface area contributed by atoms with Gasteiger partial charge in [0.05, 0.1) is 12.2 Å². The number of aliphatic hydroxyl groups is 1. The van der Waals surface area contributed by atoms with Gasteiger partial charge in [-0.05, 0) is 19.3 Å². The second kappa shape index (κ2) is 4.97. The van der Waals surface area contributed by atoms with E-state index in [1.807, 2.05) is 13.0 Å². The molecule has 2 atom stereocenters. The number of piperidine rings is 1. The van der Waals surface area contributed by atoms with Gasteiger partial charge in [-0.25, -0.2) is 0 Å². The molecule has 4 nitrogen and oxygen atoms in total. The van der Waals surface area contributed by atoms with Crippen LogP contribution in [0.4, 0.5) is 0 Å². The van der Waals surface area contributed by atoms with Crippen LogP contribution in [0.1, 0.15) is 26.2 Å². The number of nitrogens with zero attached hydrogens (tertiary/aromatic N) is 2. The van der Waals surface area contributed by atoms with Crippen LogP contribution in [0.25, 0.3) is 0 Å². The standard InChI is InChI=1S/C10H16N2O2/c1-2-8(6-11)10(14)12-5-3-4-9(13)7-12/h8-9,13H,2-5,7H2,1H3. The van der Waals surface area contributed by atoms with E-state index in [1.54, 1.807) is 4.90 Å². The van der Waals surface area contributed by atoms with Gasteiger partial charge in [0.15, 0.2) is 0 Å². The number of carbonyl (C=O) groups excluding carboxylic acids is 1. The Labute approximate surface area is 84.1 Å². The molecule has 1 saturated heterocycles. The molecule has 1 amide bonds. The Bertz CT molecular complexity index is 247. The van der Waals surface area contributed by atoms with Crippen LogP contribution in [0.2, 0.25) is 0 Å². The van der Waals surface area contributed by atoms with Gasteiger partial charge in [-0.2, -0.15) is 5.26 Å². The fourth-order valence-electron chi connectivity index (χ4n) is 1.70. The largest absolute Gasteiger partial charge is 0.391 e. The van der Waals surface area contributed by atoms with Gasteiger partial charge in [0.25, 0.3) is 0 Å². The fraction of sp³-hybridized carbons (Fsp3) is 0.800. The lowest BCUT2D eigenvalue weighted by atomic mass is 10.0. The van der Waals surface area contributed by atoms with E-state index >= 15 is 0 Å². The Balaban J connectivity index is 2.55. The van der Waals surface area contributed by atoms with E-state index in [0.717, 1.165) is 12.8 Å². The normalized spacial score (nSPS) is 24.1. The van der Waals surface area contributed by atoms with E-state index in [2.05, 4.69) is 0 Å². The number of aliphatic hydroxyl groups excluding tert-OH is 1. The summed E-state index contributed by atoms with van der Waals surface area (Å²) in [6.45, 7) is 2.89. The molecule has 0 aromatic carbocycles. The average molecular weight is 196 g/mol. The molecule has 1 N–H and O–H groups in total. The van der Waals surface area contributed by atoms with Crippen LogP contribution in [0.5, 0.6) is 0 Å². The van der Waals surface area contributed by atoms with Gasteiger partial charge in [-0.1, -0.05) is 6.92 Å². The molecule has 4 heteroatoms. The highest BCUT2D eigenvalue weighted by Gasteiger charge is 2.26. The first-order valence-corrected chi connectivity index (χ1v) is 5.05. The summed E-state index contributed by atoms with van der Waals surface area (Å²) >= 11 is 0. The Morgan fingerprint density at radius 1 is 1.79 bits per heavy atom. The van der Waals surface area contributed by atoms with Gasteiger partial charge in [0.2, 0.25) is 5.91 Å². The number of nitriles is 1. The maximum Gasteiger partial charge on any atom is 0.240 e. The molecule has 0 aromatic rings. The van der Waals surface area contributed by atoms with Crippen molar-refractivity contribution in [1.29, 1.82) is 5.26 Å². The highest BCUT2D eigenvalue weighted by molar-refractivity contribution is 5.81. The van der Waals surface area contributed by atoms with Crippen molar-refractivity contribution in [3.63, 3.8) is 0 Å². The summed E-state index contributed by atoms with van der Waals surface area (Å²) in [5.74, 6) is -0.672. The smallest absolute Gasteiger partial charge is 0.240 e. The number of carbonyl (C=O) groups is 1. The van der Waals surface area contributed by atoms with Crippen LogP contribution in [-0.2, 0) is 4.79 Å². The fourth-order valence-corrected chi connectivity index (χ4v) is 1.70. The summed E-state index contributed by atoms with van der Waals surface area (Å²) in [5, 5.41) is 18.1.